The molecule has 0 aliphatic carbocycles. The summed E-state index contributed by atoms with van der Waals surface area (Å²) in [6, 6.07) is 1.18. The fourth-order valence-electron chi connectivity index (χ4n) is 1.55. The predicted octanol–water partition coefficient (Wildman–Crippen LogP) is 1.40. The molecule has 0 bridgehead atoms. The van der Waals surface area contributed by atoms with Gasteiger partial charge in [-0.3, -0.25) is 20.0 Å². The summed E-state index contributed by atoms with van der Waals surface area (Å²) in [5, 5.41) is 22.5. The molecule has 0 atom stereocenters. The highest BCUT2D eigenvalue weighted by Crippen LogP contribution is 2.20. The zero-order valence-electron chi connectivity index (χ0n) is 10.6. The van der Waals surface area contributed by atoms with Gasteiger partial charge in [-0.05, 0) is 6.92 Å². The van der Waals surface area contributed by atoms with Crippen LogP contribution in [0.4, 0.5) is 17.2 Å². The lowest BCUT2D eigenvalue weighted by Crippen LogP contribution is -2.16. The number of nitrogens with one attached hydrogen (secondary N) is 3. The van der Waals surface area contributed by atoms with E-state index in [1.54, 1.807) is 0 Å². The Labute approximate surface area is 113 Å². The summed E-state index contributed by atoms with van der Waals surface area (Å²) in [6.45, 7) is 2.37. The summed E-state index contributed by atoms with van der Waals surface area (Å²) in [6.07, 6.45) is 4.03. The van der Waals surface area contributed by atoms with Crippen molar-refractivity contribution >= 4 is 23.1 Å². The first-order valence-corrected chi connectivity index (χ1v) is 5.80. The Kier molecular flexibility index (Phi) is 3.89. The number of nitro groups is 1. The van der Waals surface area contributed by atoms with Gasteiger partial charge in [0.15, 0.2) is 0 Å². The van der Waals surface area contributed by atoms with E-state index in [0.29, 0.717) is 18.1 Å². The van der Waals surface area contributed by atoms with Crippen molar-refractivity contribution in [2.24, 2.45) is 0 Å². The van der Waals surface area contributed by atoms with E-state index in [1.165, 1.54) is 18.5 Å². The number of carbonyl (C=O) groups is 1. The minimum Gasteiger partial charge on any atom is -0.370 e. The number of rotatable bonds is 5. The Morgan fingerprint density at radius 2 is 2.30 bits per heavy atom. The molecule has 2 aromatic heterocycles. The Morgan fingerprint density at radius 3 is 2.90 bits per heavy atom. The molecule has 104 valence electrons. The highest BCUT2D eigenvalue weighted by atomic mass is 16.6. The number of pyridine rings is 1. The molecule has 2 heterocycles. The third-order valence-corrected chi connectivity index (χ3v) is 2.43. The highest BCUT2D eigenvalue weighted by Gasteiger charge is 2.18. The van der Waals surface area contributed by atoms with E-state index in [9.17, 15) is 14.9 Å². The smallest absolute Gasteiger partial charge is 0.288 e. The highest BCUT2D eigenvalue weighted by molar-refractivity contribution is 6.07. The van der Waals surface area contributed by atoms with Crippen LogP contribution in [0.2, 0.25) is 0 Å². The predicted molar refractivity (Wildman–Crippen MR) is 71.6 cm³/mol. The topological polar surface area (TPSA) is 126 Å². The molecule has 0 spiro atoms. The van der Waals surface area contributed by atoms with E-state index < -0.39 is 10.8 Å². The van der Waals surface area contributed by atoms with Crippen molar-refractivity contribution in [1.29, 1.82) is 0 Å². The molecule has 9 nitrogen and oxygen atoms in total. The quantitative estimate of drug-likeness (QED) is 0.559. The number of aromatic nitrogens is 3. The van der Waals surface area contributed by atoms with Gasteiger partial charge in [0.25, 0.3) is 11.6 Å². The molecule has 0 fully saturated rings. The van der Waals surface area contributed by atoms with Gasteiger partial charge in [-0.25, -0.2) is 4.98 Å². The SMILES string of the molecule is CCNc1ncc([N+](=O)[O-])cc1C(=O)Nc1cn[nH]c1. The number of nitrogens with zero attached hydrogens (tertiary/aromatic N) is 3. The van der Waals surface area contributed by atoms with Crippen molar-refractivity contribution < 1.29 is 9.72 Å². The fraction of sp³-hybridized carbons (Fsp3) is 0.182. The molecule has 0 radical (unpaired) electrons. The van der Waals surface area contributed by atoms with Gasteiger partial charge >= 0.3 is 0 Å². The van der Waals surface area contributed by atoms with Crippen LogP contribution in [0.1, 0.15) is 17.3 Å². The summed E-state index contributed by atoms with van der Waals surface area (Å²) in [5.41, 5.74) is 0.315. The van der Waals surface area contributed by atoms with E-state index in [1.807, 2.05) is 6.92 Å². The zero-order valence-corrected chi connectivity index (χ0v) is 10.6. The van der Waals surface area contributed by atoms with E-state index in [0.717, 1.165) is 6.20 Å². The second-order valence-electron chi connectivity index (χ2n) is 3.82. The van der Waals surface area contributed by atoms with Crippen molar-refractivity contribution in [2.45, 2.75) is 6.92 Å². The number of carbonyl (C=O) groups excluding carboxylic acids is 1. The van der Waals surface area contributed by atoms with Gasteiger partial charge in [0, 0.05) is 18.8 Å². The molecule has 1 amide bonds. The van der Waals surface area contributed by atoms with Gasteiger partial charge in [-0.1, -0.05) is 0 Å². The maximum absolute atomic E-state index is 12.1. The van der Waals surface area contributed by atoms with Crippen LogP contribution in [0.25, 0.3) is 0 Å². The van der Waals surface area contributed by atoms with Gasteiger partial charge in [0.1, 0.15) is 12.0 Å². The molecule has 0 aliphatic rings. The van der Waals surface area contributed by atoms with Crippen molar-refractivity contribution in [1.82, 2.24) is 15.2 Å². The van der Waals surface area contributed by atoms with Crippen LogP contribution in [0.15, 0.2) is 24.7 Å². The van der Waals surface area contributed by atoms with Crippen LogP contribution in [0.5, 0.6) is 0 Å². The summed E-state index contributed by atoms with van der Waals surface area (Å²) >= 11 is 0. The normalized spacial score (nSPS) is 10.1. The van der Waals surface area contributed by atoms with E-state index in [-0.39, 0.29) is 11.3 Å². The van der Waals surface area contributed by atoms with Crippen LogP contribution in [-0.4, -0.2) is 32.6 Å². The lowest BCUT2D eigenvalue weighted by atomic mass is 10.2. The zero-order chi connectivity index (χ0) is 14.5. The number of hydrogen-bond donors (Lipinski definition) is 3. The number of anilines is 2. The maximum atomic E-state index is 12.1. The molecule has 2 aromatic rings. The first kappa shape index (κ1) is 13.5. The summed E-state index contributed by atoms with van der Waals surface area (Å²) < 4.78 is 0. The van der Waals surface area contributed by atoms with Gasteiger partial charge in [0.05, 0.1) is 22.4 Å². The minimum absolute atomic E-state index is 0.0993. The number of H-pyrrole nitrogens is 1. The molecule has 0 aromatic carbocycles. The number of amides is 1. The third kappa shape index (κ3) is 2.88. The Bertz CT molecular complexity index is 625. The second kappa shape index (κ2) is 5.78. The second-order valence-corrected chi connectivity index (χ2v) is 3.82. The lowest BCUT2D eigenvalue weighted by molar-refractivity contribution is -0.385. The maximum Gasteiger partial charge on any atom is 0.288 e. The molecule has 2 rings (SSSR count). The Hall–Kier alpha value is -2.97. The van der Waals surface area contributed by atoms with Crippen LogP contribution >= 0.6 is 0 Å². The van der Waals surface area contributed by atoms with E-state index >= 15 is 0 Å². The fourth-order valence-corrected chi connectivity index (χ4v) is 1.55. The Morgan fingerprint density at radius 1 is 1.50 bits per heavy atom. The van der Waals surface area contributed by atoms with Crippen LogP contribution in [0, 0.1) is 10.1 Å². The summed E-state index contributed by atoms with van der Waals surface area (Å²) in [4.78, 5) is 26.2. The van der Waals surface area contributed by atoms with Gasteiger partial charge in [-0.2, -0.15) is 5.10 Å². The van der Waals surface area contributed by atoms with Crippen molar-refractivity contribution in [2.75, 3.05) is 17.2 Å². The third-order valence-electron chi connectivity index (χ3n) is 2.43. The molecule has 0 saturated heterocycles. The van der Waals surface area contributed by atoms with Gasteiger partial charge in [-0.15, -0.1) is 0 Å². The van der Waals surface area contributed by atoms with E-state index in [4.69, 9.17) is 0 Å². The number of hydrogen-bond acceptors (Lipinski definition) is 6. The summed E-state index contributed by atoms with van der Waals surface area (Å²) in [7, 11) is 0. The van der Waals surface area contributed by atoms with Gasteiger partial charge < -0.3 is 10.6 Å². The molecular formula is C11H12N6O3. The molecular weight excluding hydrogens is 264 g/mol. The minimum atomic E-state index is -0.600. The van der Waals surface area contributed by atoms with Crippen molar-refractivity contribution in [3.8, 4) is 0 Å². The standard InChI is InChI=1S/C11H12N6O3/c1-2-12-10-9(3-8(6-13-10)17(19)20)11(18)16-7-4-14-15-5-7/h3-6H,2H2,1H3,(H,12,13)(H,14,15)(H,16,18). The first-order valence-electron chi connectivity index (χ1n) is 5.80. The van der Waals surface area contributed by atoms with Gasteiger partial charge in [0.2, 0.25) is 0 Å². The lowest BCUT2D eigenvalue weighted by Gasteiger charge is -2.08. The average molecular weight is 276 g/mol. The molecule has 0 unspecified atom stereocenters. The average Bonchev–Trinajstić information content (AvgIpc) is 2.92. The van der Waals surface area contributed by atoms with Crippen LogP contribution < -0.4 is 10.6 Å². The monoisotopic (exact) mass is 276 g/mol. The molecule has 20 heavy (non-hydrogen) atoms. The largest absolute Gasteiger partial charge is 0.370 e. The molecule has 0 saturated carbocycles. The van der Waals surface area contributed by atoms with Crippen molar-refractivity contribution in [3.63, 3.8) is 0 Å². The number of aromatic amines is 1. The van der Waals surface area contributed by atoms with Crippen LogP contribution in [0.3, 0.4) is 0 Å². The van der Waals surface area contributed by atoms with E-state index in [2.05, 4.69) is 25.8 Å². The molecule has 0 aliphatic heterocycles. The van der Waals surface area contributed by atoms with Crippen LogP contribution in [-0.2, 0) is 0 Å². The molecule has 9 heteroatoms. The van der Waals surface area contributed by atoms with Crippen molar-refractivity contribution in [3.05, 3.63) is 40.3 Å². The first-order chi connectivity index (χ1) is 9.61. The Balaban J connectivity index is 2.33. The summed E-state index contributed by atoms with van der Waals surface area (Å²) in [5.74, 6) is -0.211. The molecule has 3 N–H and O–H groups in total.